The minimum Gasteiger partial charge on any atom is -0.345 e. The standard InChI is InChI=1S/C13H21N3/c1-2-11-12(9-5-6-9)16-13(15-11)10-4-3-7-14-8-10/h9-10,14H,2-8H2,1H3,(H,15,16). The van der Waals surface area contributed by atoms with E-state index in [0.29, 0.717) is 5.92 Å². The Morgan fingerprint density at radius 2 is 2.12 bits per heavy atom. The number of aryl methyl sites for hydroxylation is 1. The molecule has 3 heteroatoms. The molecule has 2 aliphatic rings. The van der Waals surface area contributed by atoms with E-state index < -0.39 is 0 Å². The summed E-state index contributed by atoms with van der Waals surface area (Å²) in [6, 6.07) is 0. The number of rotatable bonds is 3. The summed E-state index contributed by atoms with van der Waals surface area (Å²) in [5.74, 6) is 2.63. The molecule has 2 N–H and O–H groups in total. The normalized spacial score (nSPS) is 25.9. The van der Waals surface area contributed by atoms with Crippen molar-refractivity contribution in [1.29, 1.82) is 0 Å². The second kappa shape index (κ2) is 4.21. The summed E-state index contributed by atoms with van der Waals surface area (Å²) in [5, 5.41) is 3.46. The molecule has 1 saturated heterocycles. The van der Waals surface area contributed by atoms with Gasteiger partial charge in [-0.1, -0.05) is 6.92 Å². The quantitative estimate of drug-likeness (QED) is 0.819. The van der Waals surface area contributed by atoms with E-state index in [2.05, 4.69) is 17.2 Å². The van der Waals surface area contributed by atoms with E-state index in [1.54, 1.807) is 0 Å². The van der Waals surface area contributed by atoms with Crippen molar-refractivity contribution in [1.82, 2.24) is 15.3 Å². The largest absolute Gasteiger partial charge is 0.345 e. The zero-order valence-corrected chi connectivity index (χ0v) is 10.1. The highest BCUT2D eigenvalue weighted by molar-refractivity contribution is 5.24. The molecule has 3 nitrogen and oxygen atoms in total. The van der Waals surface area contributed by atoms with Crippen LogP contribution >= 0.6 is 0 Å². The van der Waals surface area contributed by atoms with Crippen LogP contribution in [0, 0.1) is 0 Å². The van der Waals surface area contributed by atoms with Gasteiger partial charge in [-0.3, -0.25) is 0 Å². The molecule has 1 unspecified atom stereocenters. The molecule has 0 aromatic carbocycles. The molecule has 1 aromatic rings. The molecule has 0 spiro atoms. The summed E-state index contributed by atoms with van der Waals surface area (Å²) in [7, 11) is 0. The molecule has 0 bridgehead atoms. The third-order valence-electron chi connectivity index (χ3n) is 3.83. The number of imidazole rings is 1. The summed E-state index contributed by atoms with van der Waals surface area (Å²) < 4.78 is 0. The van der Waals surface area contributed by atoms with Gasteiger partial charge in [-0.25, -0.2) is 4.98 Å². The van der Waals surface area contributed by atoms with Gasteiger partial charge in [-0.2, -0.15) is 0 Å². The number of hydrogen-bond donors (Lipinski definition) is 2. The van der Waals surface area contributed by atoms with E-state index >= 15 is 0 Å². The van der Waals surface area contributed by atoms with Crippen molar-refractivity contribution in [3.8, 4) is 0 Å². The second-order valence-corrected chi connectivity index (χ2v) is 5.16. The van der Waals surface area contributed by atoms with Crippen LogP contribution in [0.15, 0.2) is 0 Å². The smallest absolute Gasteiger partial charge is 0.110 e. The molecule has 1 saturated carbocycles. The van der Waals surface area contributed by atoms with E-state index in [-0.39, 0.29) is 0 Å². The van der Waals surface area contributed by atoms with Crippen molar-refractivity contribution >= 4 is 0 Å². The molecular weight excluding hydrogens is 198 g/mol. The van der Waals surface area contributed by atoms with E-state index in [1.807, 2.05) is 0 Å². The number of aromatic nitrogens is 2. The molecule has 1 aliphatic carbocycles. The highest BCUT2D eigenvalue weighted by atomic mass is 15.0. The Kier molecular flexibility index (Phi) is 2.72. The first-order chi connectivity index (χ1) is 7.88. The Balaban J connectivity index is 1.83. The van der Waals surface area contributed by atoms with Gasteiger partial charge in [0.15, 0.2) is 0 Å². The van der Waals surface area contributed by atoms with Crippen molar-refractivity contribution < 1.29 is 0 Å². The van der Waals surface area contributed by atoms with Crippen molar-refractivity contribution in [2.75, 3.05) is 13.1 Å². The maximum atomic E-state index is 4.87. The third kappa shape index (κ3) is 1.88. The Labute approximate surface area is 97.0 Å². The minimum absolute atomic E-state index is 0.617. The number of nitrogens with one attached hydrogen (secondary N) is 2. The predicted molar refractivity (Wildman–Crippen MR) is 64.8 cm³/mol. The van der Waals surface area contributed by atoms with Gasteiger partial charge in [0.25, 0.3) is 0 Å². The maximum absolute atomic E-state index is 4.87. The van der Waals surface area contributed by atoms with E-state index in [9.17, 15) is 0 Å². The van der Waals surface area contributed by atoms with Gasteiger partial charge in [0, 0.05) is 24.1 Å². The minimum atomic E-state index is 0.617. The van der Waals surface area contributed by atoms with Crippen molar-refractivity contribution in [2.45, 2.75) is 50.9 Å². The lowest BCUT2D eigenvalue weighted by molar-refractivity contribution is 0.448. The van der Waals surface area contributed by atoms with Crippen LogP contribution in [0.5, 0.6) is 0 Å². The molecule has 1 atom stereocenters. The average molecular weight is 219 g/mol. The Hall–Kier alpha value is -0.830. The highest BCUT2D eigenvalue weighted by Gasteiger charge is 2.30. The van der Waals surface area contributed by atoms with Gasteiger partial charge in [-0.05, 0) is 38.6 Å². The zero-order chi connectivity index (χ0) is 11.0. The molecule has 0 amide bonds. The van der Waals surface area contributed by atoms with E-state index in [4.69, 9.17) is 4.98 Å². The Morgan fingerprint density at radius 1 is 1.25 bits per heavy atom. The van der Waals surface area contributed by atoms with Crippen LogP contribution in [0.25, 0.3) is 0 Å². The molecule has 1 aliphatic heterocycles. The molecule has 2 fully saturated rings. The summed E-state index contributed by atoms with van der Waals surface area (Å²) in [6.45, 7) is 4.50. The summed E-state index contributed by atoms with van der Waals surface area (Å²) in [6.07, 6.45) is 6.36. The van der Waals surface area contributed by atoms with Crippen molar-refractivity contribution in [3.05, 3.63) is 17.2 Å². The lowest BCUT2D eigenvalue weighted by Crippen LogP contribution is -2.28. The van der Waals surface area contributed by atoms with Crippen LogP contribution in [0.3, 0.4) is 0 Å². The van der Waals surface area contributed by atoms with Gasteiger partial charge in [0.2, 0.25) is 0 Å². The van der Waals surface area contributed by atoms with Crippen LogP contribution < -0.4 is 5.32 Å². The molecular formula is C13H21N3. The first-order valence-electron chi connectivity index (χ1n) is 6.68. The molecule has 1 aromatic heterocycles. The number of nitrogens with zero attached hydrogens (tertiary/aromatic N) is 1. The molecule has 88 valence electrons. The first kappa shape index (κ1) is 10.3. The predicted octanol–water partition coefficient (Wildman–Crippen LogP) is 2.32. The summed E-state index contributed by atoms with van der Waals surface area (Å²) in [5.41, 5.74) is 2.77. The lowest BCUT2D eigenvalue weighted by atomic mass is 9.99. The fourth-order valence-electron chi connectivity index (χ4n) is 2.69. The second-order valence-electron chi connectivity index (χ2n) is 5.16. The van der Waals surface area contributed by atoms with Crippen LogP contribution in [0.4, 0.5) is 0 Å². The van der Waals surface area contributed by atoms with Gasteiger partial charge in [0.1, 0.15) is 5.82 Å². The van der Waals surface area contributed by atoms with Crippen LogP contribution in [0.1, 0.15) is 61.7 Å². The SMILES string of the molecule is CCc1[nH]c(C2CCCNC2)nc1C1CC1. The van der Waals surface area contributed by atoms with Gasteiger partial charge >= 0.3 is 0 Å². The maximum Gasteiger partial charge on any atom is 0.110 e. The molecule has 16 heavy (non-hydrogen) atoms. The lowest BCUT2D eigenvalue weighted by Gasteiger charge is -2.20. The molecule has 2 heterocycles. The Morgan fingerprint density at radius 3 is 2.75 bits per heavy atom. The van der Waals surface area contributed by atoms with Crippen LogP contribution in [-0.2, 0) is 6.42 Å². The number of hydrogen-bond acceptors (Lipinski definition) is 2. The monoisotopic (exact) mass is 219 g/mol. The fourth-order valence-corrected chi connectivity index (χ4v) is 2.69. The van der Waals surface area contributed by atoms with Crippen molar-refractivity contribution in [3.63, 3.8) is 0 Å². The average Bonchev–Trinajstić information content (AvgIpc) is 3.10. The third-order valence-corrected chi connectivity index (χ3v) is 3.83. The first-order valence-corrected chi connectivity index (χ1v) is 6.68. The van der Waals surface area contributed by atoms with Crippen molar-refractivity contribution in [2.24, 2.45) is 0 Å². The van der Waals surface area contributed by atoms with E-state index in [1.165, 1.54) is 49.4 Å². The van der Waals surface area contributed by atoms with E-state index in [0.717, 1.165) is 18.9 Å². The molecule has 0 radical (unpaired) electrons. The van der Waals surface area contributed by atoms with Gasteiger partial charge in [0.05, 0.1) is 5.69 Å². The van der Waals surface area contributed by atoms with Crippen LogP contribution in [0.2, 0.25) is 0 Å². The molecule has 3 rings (SSSR count). The number of H-pyrrole nitrogens is 1. The zero-order valence-electron chi connectivity index (χ0n) is 10.1. The Bertz CT molecular complexity index is 359. The number of piperidine rings is 1. The fraction of sp³-hybridized carbons (Fsp3) is 0.769. The summed E-state index contributed by atoms with van der Waals surface area (Å²) >= 11 is 0. The summed E-state index contributed by atoms with van der Waals surface area (Å²) in [4.78, 5) is 8.44. The van der Waals surface area contributed by atoms with Crippen LogP contribution in [-0.4, -0.2) is 23.1 Å². The topological polar surface area (TPSA) is 40.7 Å². The number of aromatic amines is 1. The van der Waals surface area contributed by atoms with Gasteiger partial charge in [-0.15, -0.1) is 0 Å². The highest BCUT2D eigenvalue weighted by Crippen LogP contribution is 2.41. The van der Waals surface area contributed by atoms with Gasteiger partial charge < -0.3 is 10.3 Å².